The van der Waals surface area contributed by atoms with E-state index in [1.807, 2.05) is 10.8 Å². The summed E-state index contributed by atoms with van der Waals surface area (Å²) in [4.78, 5) is 16.3. The van der Waals surface area contributed by atoms with Gasteiger partial charge in [0.1, 0.15) is 0 Å². The number of imidazole rings is 1. The fraction of sp³-hybridized carbons (Fsp3) is 0.733. The van der Waals surface area contributed by atoms with E-state index in [2.05, 4.69) is 36.4 Å². The van der Waals surface area contributed by atoms with Gasteiger partial charge in [-0.3, -0.25) is 4.79 Å². The van der Waals surface area contributed by atoms with Crippen molar-refractivity contribution in [1.29, 1.82) is 0 Å². The number of nitrogens with one attached hydrogen (secondary N) is 2. The molecule has 2 atom stereocenters. The van der Waals surface area contributed by atoms with E-state index in [0.717, 1.165) is 19.5 Å². The third-order valence-corrected chi connectivity index (χ3v) is 3.93. The molecule has 20 heavy (non-hydrogen) atoms. The predicted molar refractivity (Wildman–Crippen MR) is 79.3 cm³/mol. The van der Waals surface area contributed by atoms with Crippen molar-refractivity contribution in [3.8, 4) is 0 Å². The summed E-state index contributed by atoms with van der Waals surface area (Å²) in [5.74, 6) is 0.143. The Morgan fingerprint density at radius 2 is 2.35 bits per heavy atom. The van der Waals surface area contributed by atoms with Crippen molar-refractivity contribution in [2.75, 3.05) is 6.54 Å². The lowest BCUT2D eigenvalue weighted by atomic mass is 9.86. The molecule has 1 saturated heterocycles. The standard InChI is InChI=1S/C15H26N4O/c1-15(2,3)13(10-19-8-7-16-11-19)18-14(20)9-12-5-4-6-17-12/h7-8,11-13,17H,4-6,9-10H2,1-3H3,(H,18,20). The summed E-state index contributed by atoms with van der Waals surface area (Å²) in [5.41, 5.74) is 0.0169. The Morgan fingerprint density at radius 3 is 2.90 bits per heavy atom. The van der Waals surface area contributed by atoms with Crippen LogP contribution in [0.25, 0.3) is 0 Å². The molecular formula is C15H26N4O. The highest BCUT2D eigenvalue weighted by Gasteiger charge is 2.27. The maximum Gasteiger partial charge on any atom is 0.221 e. The normalized spacial score (nSPS) is 20.9. The van der Waals surface area contributed by atoms with Crippen LogP contribution in [0.3, 0.4) is 0 Å². The minimum atomic E-state index is 0.0169. The van der Waals surface area contributed by atoms with Crippen molar-refractivity contribution in [3.63, 3.8) is 0 Å². The van der Waals surface area contributed by atoms with Crippen molar-refractivity contribution in [3.05, 3.63) is 18.7 Å². The van der Waals surface area contributed by atoms with E-state index in [1.54, 1.807) is 12.5 Å². The number of rotatable bonds is 5. The van der Waals surface area contributed by atoms with Crippen LogP contribution in [0, 0.1) is 5.41 Å². The lowest BCUT2D eigenvalue weighted by molar-refractivity contribution is -0.123. The summed E-state index contributed by atoms with van der Waals surface area (Å²) in [6.07, 6.45) is 8.36. The van der Waals surface area contributed by atoms with Crippen molar-refractivity contribution in [1.82, 2.24) is 20.2 Å². The Morgan fingerprint density at radius 1 is 1.55 bits per heavy atom. The molecule has 5 heteroatoms. The molecule has 2 unspecified atom stereocenters. The molecule has 2 rings (SSSR count). The number of amides is 1. The lowest BCUT2D eigenvalue weighted by Gasteiger charge is -2.32. The second kappa shape index (κ2) is 6.39. The summed E-state index contributed by atoms with van der Waals surface area (Å²) < 4.78 is 2.02. The average Bonchev–Trinajstić information content (AvgIpc) is 2.99. The van der Waals surface area contributed by atoms with Crippen molar-refractivity contribution < 1.29 is 4.79 Å². The summed E-state index contributed by atoms with van der Waals surface area (Å²) in [6.45, 7) is 8.26. The molecule has 0 radical (unpaired) electrons. The van der Waals surface area contributed by atoms with Crippen LogP contribution in [0.4, 0.5) is 0 Å². The first-order chi connectivity index (χ1) is 9.45. The average molecular weight is 278 g/mol. The van der Waals surface area contributed by atoms with Gasteiger partial charge < -0.3 is 15.2 Å². The molecule has 1 aromatic heterocycles. The lowest BCUT2D eigenvalue weighted by Crippen LogP contribution is -2.47. The molecule has 0 saturated carbocycles. The highest BCUT2D eigenvalue weighted by molar-refractivity contribution is 5.77. The van der Waals surface area contributed by atoms with Gasteiger partial charge in [0.15, 0.2) is 0 Å². The molecule has 2 heterocycles. The molecule has 0 spiro atoms. The Labute approximate surface area is 121 Å². The Hall–Kier alpha value is -1.36. The van der Waals surface area contributed by atoms with Crippen LogP contribution in [0.2, 0.25) is 0 Å². The highest BCUT2D eigenvalue weighted by atomic mass is 16.1. The summed E-state index contributed by atoms with van der Waals surface area (Å²) in [5, 5.41) is 6.56. The Bertz CT molecular complexity index is 416. The van der Waals surface area contributed by atoms with Gasteiger partial charge in [0.05, 0.1) is 12.4 Å². The highest BCUT2D eigenvalue weighted by Crippen LogP contribution is 2.21. The van der Waals surface area contributed by atoms with Gasteiger partial charge in [0, 0.05) is 31.4 Å². The Balaban J connectivity index is 1.91. The summed E-state index contributed by atoms with van der Waals surface area (Å²) in [7, 11) is 0. The van der Waals surface area contributed by atoms with E-state index >= 15 is 0 Å². The monoisotopic (exact) mass is 278 g/mol. The van der Waals surface area contributed by atoms with Crippen LogP contribution in [0.15, 0.2) is 18.7 Å². The van der Waals surface area contributed by atoms with E-state index in [4.69, 9.17) is 0 Å². The first-order valence-electron chi connectivity index (χ1n) is 7.43. The van der Waals surface area contributed by atoms with Crippen molar-refractivity contribution >= 4 is 5.91 Å². The number of aromatic nitrogens is 2. The first kappa shape index (κ1) is 15.0. The van der Waals surface area contributed by atoms with E-state index in [-0.39, 0.29) is 17.4 Å². The molecule has 0 aliphatic carbocycles. The van der Waals surface area contributed by atoms with Crippen molar-refractivity contribution in [2.45, 2.75) is 58.7 Å². The van der Waals surface area contributed by atoms with Crippen LogP contribution in [0.1, 0.15) is 40.0 Å². The van der Waals surface area contributed by atoms with Gasteiger partial charge in [-0.15, -0.1) is 0 Å². The van der Waals surface area contributed by atoms with Crippen LogP contribution in [0.5, 0.6) is 0 Å². The molecule has 1 aromatic rings. The molecule has 1 aliphatic rings. The van der Waals surface area contributed by atoms with E-state index in [9.17, 15) is 4.79 Å². The van der Waals surface area contributed by atoms with Gasteiger partial charge in [-0.25, -0.2) is 4.98 Å². The minimum absolute atomic E-state index is 0.0169. The first-order valence-corrected chi connectivity index (χ1v) is 7.43. The maximum atomic E-state index is 12.2. The number of carbonyl (C=O) groups excluding carboxylic acids is 1. The third kappa shape index (κ3) is 4.34. The van der Waals surface area contributed by atoms with E-state index in [1.165, 1.54) is 6.42 Å². The van der Waals surface area contributed by atoms with E-state index < -0.39 is 0 Å². The quantitative estimate of drug-likeness (QED) is 0.859. The minimum Gasteiger partial charge on any atom is -0.351 e. The van der Waals surface area contributed by atoms with Crippen LogP contribution in [-0.2, 0) is 11.3 Å². The van der Waals surface area contributed by atoms with Crippen LogP contribution < -0.4 is 10.6 Å². The molecule has 2 N–H and O–H groups in total. The van der Waals surface area contributed by atoms with Gasteiger partial charge in [-0.2, -0.15) is 0 Å². The van der Waals surface area contributed by atoms with E-state index in [0.29, 0.717) is 12.5 Å². The summed E-state index contributed by atoms with van der Waals surface area (Å²) in [6, 6.07) is 0.453. The molecule has 1 aliphatic heterocycles. The van der Waals surface area contributed by atoms with Crippen molar-refractivity contribution in [2.24, 2.45) is 5.41 Å². The fourth-order valence-electron chi connectivity index (χ4n) is 2.55. The molecule has 1 amide bonds. The third-order valence-electron chi connectivity index (χ3n) is 3.93. The maximum absolute atomic E-state index is 12.2. The second-order valence-electron chi connectivity index (χ2n) is 6.74. The van der Waals surface area contributed by atoms with Gasteiger partial charge in [-0.1, -0.05) is 20.8 Å². The second-order valence-corrected chi connectivity index (χ2v) is 6.74. The number of nitrogens with zero attached hydrogens (tertiary/aromatic N) is 2. The predicted octanol–water partition coefficient (Wildman–Crippen LogP) is 1.56. The fourth-order valence-corrected chi connectivity index (χ4v) is 2.55. The zero-order chi connectivity index (χ0) is 14.6. The van der Waals surface area contributed by atoms with Crippen LogP contribution >= 0.6 is 0 Å². The van der Waals surface area contributed by atoms with Crippen LogP contribution in [-0.4, -0.2) is 34.1 Å². The van der Waals surface area contributed by atoms with Gasteiger partial charge >= 0.3 is 0 Å². The Kier molecular flexibility index (Phi) is 4.81. The SMILES string of the molecule is CC(C)(C)C(Cn1ccnc1)NC(=O)CC1CCCN1. The smallest absolute Gasteiger partial charge is 0.221 e. The molecular weight excluding hydrogens is 252 g/mol. The molecule has 1 fully saturated rings. The van der Waals surface area contributed by atoms with Gasteiger partial charge in [-0.05, 0) is 24.8 Å². The zero-order valence-electron chi connectivity index (χ0n) is 12.7. The zero-order valence-corrected chi connectivity index (χ0v) is 12.7. The topological polar surface area (TPSA) is 59.0 Å². The van der Waals surface area contributed by atoms with Gasteiger partial charge in [0.25, 0.3) is 0 Å². The largest absolute Gasteiger partial charge is 0.351 e. The molecule has 5 nitrogen and oxygen atoms in total. The molecule has 0 aromatic carbocycles. The molecule has 0 bridgehead atoms. The number of hydrogen-bond acceptors (Lipinski definition) is 3. The van der Waals surface area contributed by atoms with Gasteiger partial charge in [0.2, 0.25) is 5.91 Å². The number of hydrogen-bond donors (Lipinski definition) is 2. The summed E-state index contributed by atoms with van der Waals surface area (Å²) >= 11 is 0. The molecule has 112 valence electrons. The number of carbonyl (C=O) groups is 1.